The fourth-order valence-corrected chi connectivity index (χ4v) is 3.58. The molecule has 3 heterocycles. The van der Waals surface area contributed by atoms with Crippen LogP contribution < -0.4 is 16.0 Å². The van der Waals surface area contributed by atoms with Crippen molar-refractivity contribution in [3.63, 3.8) is 0 Å². The van der Waals surface area contributed by atoms with Gasteiger partial charge in [0.2, 0.25) is 5.91 Å². The normalized spacial score (nSPS) is 17.4. The maximum absolute atomic E-state index is 14.1. The molecular formula is C23H20F4N6O3. The molecule has 0 aliphatic carbocycles. The van der Waals surface area contributed by atoms with Crippen LogP contribution in [-0.4, -0.2) is 45.5 Å². The lowest BCUT2D eigenvalue weighted by Crippen LogP contribution is -2.59. The predicted octanol–water partition coefficient (Wildman–Crippen LogP) is 2.98. The molecule has 1 aromatic carbocycles. The van der Waals surface area contributed by atoms with E-state index in [1.807, 2.05) is 0 Å². The zero-order chi connectivity index (χ0) is 25.8. The third kappa shape index (κ3) is 5.57. The Labute approximate surface area is 202 Å². The minimum atomic E-state index is -4.75. The number of alkyl halides is 3. The van der Waals surface area contributed by atoms with Crippen LogP contribution in [0.2, 0.25) is 0 Å². The van der Waals surface area contributed by atoms with Crippen molar-refractivity contribution >= 4 is 23.2 Å². The largest absolute Gasteiger partial charge is 0.418 e. The Kier molecular flexibility index (Phi) is 7.10. The van der Waals surface area contributed by atoms with Gasteiger partial charge in [-0.1, -0.05) is 6.07 Å². The van der Waals surface area contributed by atoms with E-state index >= 15 is 0 Å². The van der Waals surface area contributed by atoms with E-state index in [0.29, 0.717) is 5.69 Å². The van der Waals surface area contributed by atoms with Gasteiger partial charge in [0, 0.05) is 25.4 Å². The fourth-order valence-electron chi connectivity index (χ4n) is 3.58. The Hall–Kier alpha value is -4.13. The van der Waals surface area contributed by atoms with Gasteiger partial charge in [0.05, 0.1) is 47.5 Å². The highest BCUT2D eigenvalue weighted by atomic mass is 19.4. The number of hydrogen-bond acceptors (Lipinski definition) is 7. The van der Waals surface area contributed by atoms with Crippen molar-refractivity contribution in [2.24, 2.45) is 0 Å². The quantitative estimate of drug-likeness (QED) is 0.424. The Morgan fingerprint density at radius 3 is 2.50 bits per heavy atom. The molecule has 188 valence electrons. The third-order valence-corrected chi connectivity index (χ3v) is 5.48. The number of para-hydroxylation sites is 1. The molecule has 0 spiro atoms. The third-order valence-electron chi connectivity index (χ3n) is 5.48. The molecule has 1 unspecified atom stereocenters. The average molecular weight is 504 g/mol. The first-order valence-corrected chi connectivity index (χ1v) is 10.7. The number of halogens is 4. The zero-order valence-electron chi connectivity index (χ0n) is 18.6. The minimum absolute atomic E-state index is 0.0290. The van der Waals surface area contributed by atoms with Crippen LogP contribution in [-0.2, 0) is 22.3 Å². The smallest absolute Gasteiger partial charge is 0.378 e. The molecule has 2 amide bonds. The summed E-state index contributed by atoms with van der Waals surface area (Å²) in [5.41, 5.74) is -2.46. The molecule has 3 aromatic rings. The van der Waals surface area contributed by atoms with E-state index in [4.69, 9.17) is 4.74 Å². The average Bonchev–Trinajstić information content (AvgIpc) is 3.34. The van der Waals surface area contributed by atoms with Crippen LogP contribution in [0.5, 0.6) is 0 Å². The molecule has 4 rings (SSSR count). The van der Waals surface area contributed by atoms with Gasteiger partial charge >= 0.3 is 6.18 Å². The van der Waals surface area contributed by atoms with Crippen LogP contribution in [0.3, 0.4) is 0 Å². The maximum atomic E-state index is 14.1. The van der Waals surface area contributed by atoms with Crippen LogP contribution in [0.15, 0.2) is 55.2 Å². The first kappa shape index (κ1) is 25.0. The van der Waals surface area contributed by atoms with Gasteiger partial charge in [0.25, 0.3) is 5.91 Å². The number of nitrogens with one attached hydrogen (secondary N) is 3. The zero-order valence-corrected chi connectivity index (χ0v) is 18.6. The molecule has 2 aromatic heterocycles. The summed E-state index contributed by atoms with van der Waals surface area (Å²) in [6, 6.07) is 5.54. The number of rotatable bonds is 7. The van der Waals surface area contributed by atoms with E-state index in [1.54, 1.807) is 0 Å². The molecule has 1 aliphatic heterocycles. The fraction of sp³-hybridized carbons (Fsp3) is 0.261. The van der Waals surface area contributed by atoms with Gasteiger partial charge in [0.1, 0.15) is 17.7 Å². The van der Waals surface area contributed by atoms with Gasteiger partial charge in [-0.25, -0.2) is 14.4 Å². The standard InChI is InChI=1S/C23H20F4N6O3/c24-18-3-1-2-17(23(25,26)27)19(18)32-16-5-4-15(30-11-16)10-31-21(35)22(6-7-36-12-22)33-20(34)14-8-28-13-29-9-14/h1-5,8-9,11,13,32H,6-7,10,12H2,(H,31,35)(H,33,34). The van der Waals surface area contributed by atoms with Gasteiger partial charge in [-0.05, 0) is 24.3 Å². The van der Waals surface area contributed by atoms with Crippen LogP contribution in [0.4, 0.5) is 28.9 Å². The molecule has 0 radical (unpaired) electrons. The Balaban J connectivity index is 1.41. The second-order valence-electron chi connectivity index (χ2n) is 7.97. The number of hydrogen-bond donors (Lipinski definition) is 3. The van der Waals surface area contributed by atoms with E-state index in [0.717, 1.165) is 18.2 Å². The Morgan fingerprint density at radius 1 is 1.08 bits per heavy atom. The second kappa shape index (κ2) is 10.2. The summed E-state index contributed by atoms with van der Waals surface area (Å²) < 4.78 is 59.0. The van der Waals surface area contributed by atoms with Crippen molar-refractivity contribution in [3.05, 3.63) is 77.9 Å². The summed E-state index contributed by atoms with van der Waals surface area (Å²) in [5, 5.41) is 7.79. The van der Waals surface area contributed by atoms with Crippen molar-refractivity contribution in [2.75, 3.05) is 18.5 Å². The molecular weight excluding hydrogens is 484 g/mol. The predicted molar refractivity (Wildman–Crippen MR) is 118 cm³/mol. The van der Waals surface area contributed by atoms with Crippen LogP contribution >= 0.6 is 0 Å². The molecule has 0 saturated carbocycles. The molecule has 1 saturated heterocycles. The SMILES string of the molecule is O=C(NC1(C(=O)NCc2ccc(Nc3c(F)cccc3C(F)(F)F)cn2)CCOC1)c1cncnc1. The lowest BCUT2D eigenvalue weighted by molar-refractivity contribution is -0.137. The summed E-state index contributed by atoms with van der Waals surface area (Å²) in [5.74, 6) is -2.08. The van der Waals surface area contributed by atoms with Crippen molar-refractivity contribution in [2.45, 2.75) is 24.7 Å². The monoisotopic (exact) mass is 504 g/mol. The number of benzene rings is 1. The molecule has 13 heteroatoms. The van der Waals surface area contributed by atoms with Crippen molar-refractivity contribution in [1.82, 2.24) is 25.6 Å². The molecule has 9 nitrogen and oxygen atoms in total. The van der Waals surface area contributed by atoms with E-state index in [9.17, 15) is 27.2 Å². The van der Waals surface area contributed by atoms with Crippen LogP contribution in [0, 0.1) is 5.82 Å². The maximum Gasteiger partial charge on any atom is 0.418 e. The van der Waals surface area contributed by atoms with Crippen LogP contribution in [0.25, 0.3) is 0 Å². The Morgan fingerprint density at radius 2 is 1.86 bits per heavy atom. The topological polar surface area (TPSA) is 118 Å². The molecule has 1 fully saturated rings. The number of ether oxygens (including phenoxy) is 1. The Bertz CT molecular complexity index is 1230. The number of pyridine rings is 1. The number of amides is 2. The first-order valence-electron chi connectivity index (χ1n) is 10.7. The van der Waals surface area contributed by atoms with Gasteiger partial charge in [-0.2, -0.15) is 13.2 Å². The van der Waals surface area contributed by atoms with Crippen molar-refractivity contribution < 1.29 is 31.9 Å². The minimum Gasteiger partial charge on any atom is -0.378 e. The van der Waals surface area contributed by atoms with E-state index in [1.165, 1.54) is 37.1 Å². The van der Waals surface area contributed by atoms with Gasteiger partial charge in [0.15, 0.2) is 0 Å². The van der Waals surface area contributed by atoms with Crippen molar-refractivity contribution in [1.29, 1.82) is 0 Å². The number of carbonyl (C=O) groups is 2. The summed E-state index contributed by atoms with van der Waals surface area (Å²) in [7, 11) is 0. The highest BCUT2D eigenvalue weighted by Gasteiger charge is 2.44. The second-order valence-corrected chi connectivity index (χ2v) is 7.97. The van der Waals surface area contributed by atoms with E-state index in [-0.39, 0.29) is 37.4 Å². The van der Waals surface area contributed by atoms with E-state index in [2.05, 4.69) is 30.9 Å². The number of carbonyl (C=O) groups excluding carboxylic acids is 2. The number of anilines is 2. The lowest BCUT2D eigenvalue weighted by atomic mass is 9.96. The molecule has 36 heavy (non-hydrogen) atoms. The van der Waals surface area contributed by atoms with Gasteiger partial charge in [-0.15, -0.1) is 0 Å². The summed E-state index contributed by atoms with van der Waals surface area (Å²) >= 11 is 0. The first-order chi connectivity index (χ1) is 17.2. The summed E-state index contributed by atoms with van der Waals surface area (Å²) in [6.45, 7) is 0.213. The lowest BCUT2D eigenvalue weighted by Gasteiger charge is -2.27. The van der Waals surface area contributed by atoms with Gasteiger partial charge in [-0.3, -0.25) is 14.6 Å². The molecule has 3 N–H and O–H groups in total. The molecule has 0 bridgehead atoms. The summed E-state index contributed by atoms with van der Waals surface area (Å²) in [4.78, 5) is 37.2. The highest BCUT2D eigenvalue weighted by Crippen LogP contribution is 2.37. The molecule has 1 aliphatic rings. The highest BCUT2D eigenvalue weighted by molar-refractivity contribution is 5.99. The van der Waals surface area contributed by atoms with Crippen LogP contribution in [0.1, 0.15) is 28.0 Å². The number of aromatic nitrogens is 3. The van der Waals surface area contributed by atoms with Gasteiger partial charge < -0.3 is 20.7 Å². The van der Waals surface area contributed by atoms with E-state index < -0.39 is 40.6 Å². The summed E-state index contributed by atoms with van der Waals surface area (Å²) in [6.07, 6.45) is 0.644. The van der Waals surface area contributed by atoms with Crippen molar-refractivity contribution in [3.8, 4) is 0 Å². The molecule has 1 atom stereocenters. The number of nitrogens with zero attached hydrogens (tertiary/aromatic N) is 3.